The zero-order valence-corrected chi connectivity index (χ0v) is 13.3. The molecule has 0 aromatic heterocycles. The standard InChI is InChI=1S/C11H16BrNO2S2/c1-9-4-5-10(12)8-11(9)17(14,15)13(2)6-7-16-3/h4-5,8H,6-7H2,1-3H3. The van der Waals surface area contributed by atoms with Crippen LogP contribution in [0, 0.1) is 6.92 Å². The third kappa shape index (κ3) is 3.71. The fourth-order valence-corrected chi connectivity index (χ4v) is 3.86. The molecule has 0 spiro atoms. The molecule has 0 amide bonds. The van der Waals surface area contributed by atoms with Crippen molar-refractivity contribution in [2.75, 3.05) is 25.6 Å². The quantitative estimate of drug-likeness (QED) is 0.828. The molecule has 0 fully saturated rings. The maximum atomic E-state index is 12.3. The minimum absolute atomic E-state index is 0.371. The van der Waals surface area contributed by atoms with Crippen LogP contribution in [0.25, 0.3) is 0 Å². The van der Waals surface area contributed by atoms with Gasteiger partial charge in [-0.15, -0.1) is 0 Å². The molecule has 1 aromatic rings. The van der Waals surface area contributed by atoms with E-state index in [1.165, 1.54) is 4.31 Å². The Morgan fingerprint density at radius 2 is 2.06 bits per heavy atom. The van der Waals surface area contributed by atoms with E-state index in [0.29, 0.717) is 11.4 Å². The van der Waals surface area contributed by atoms with Crippen molar-refractivity contribution < 1.29 is 8.42 Å². The van der Waals surface area contributed by atoms with Gasteiger partial charge in [0.2, 0.25) is 10.0 Å². The van der Waals surface area contributed by atoms with Crippen molar-refractivity contribution in [3.8, 4) is 0 Å². The Kier molecular flexibility index (Phi) is 5.50. The number of nitrogens with zero attached hydrogens (tertiary/aromatic N) is 1. The third-order valence-corrected chi connectivity index (χ3v) is 5.53. The summed E-state index contributed by atoms with van der Waals surface area (Å²) >= 11 is 4.94. The van der Waals surface area contributed by atoms with Crippen LogP contribution < -0.4 is 0 Å². The highest BCUT2D eigenvalue weighted by Gasteiger charge is 2.22. The van der Waals surface area contributed by atoms with Gasteiger partial charge < -0.3 is 0 Å². The van der Waals surface area contributed by atoms with E-state index < -0.39 is 10.0 Å². The minimum Gasteiger partial charge on any atom is -0.207 e. The highest BCUT2D eigenvalue weighted by atomic mass is 79.9. The third-order valence-electron chi connectivity index (χ3n) is 2.45. The molecular formula is C11H16BrNO2S2. The lowest BCUT2D eigenvalue weighted by molar-refractivity contribution is 0.488. The molecule has 0 saturated heterocycles. The van der Waals surface area contributed by atoms with E-state index >= 15 is 0 Å². The van der Waals surface area contributed by atoms with Crippen molar-refractivity contribution in [2.24, 2.45) is 0 Å². The summed E-state index contributed by atoms with van der Waals surface area (Å²) in [5.41, 5.74) is 0.768. The van der Waals surface area contributed by atoms with Gasteiger partial charge in [-0.1, -0.05) is 22.0 Å². The molecule has 0 aliphatic carbocycles. The predicted molar refractivity (Wildman–Crippen MR) is 77.1 cm³/mol. The van der Waals surface area contributed by atoms with E-state index in [4.69, 9.17) is 0 Å². The molecule has 96 valence electrons. The molecule has 0 aliphatic heterocycles. The zero-order chi connectivity index (χ0) is 13.1. The summed E-state index contributed by atoms with van der Waals surface area (Å²) in [7, 11) is -1.76. The van der Waals surface area contributed by atoms with E-state index in [9.17, 15) is 8.42 Å². The number of aryl methyl sites for hydroxylation is 1. The van der Waals surface area contributed by atoms with E-state index in [2.05, 4.69) is 15.9 Å². The van der Waals surface area contributed by atoms with Crippen LogP contribution in [0.2, 0.25) is 0 Å². The van der Waals surface area contributed by atoms with Crippen molar-refractivity contribution in [2.45, 2.75) is 11.8 Å². The molecule has 0 heterocycles. The van der Waals surface area contributed by atoms with Crippen LogP contribution in [-0.2, 0) is 10.0 Å². The molecule has 0 aliphatic rings. The van der Waals surface area contributed by atoms with Gasteiger partial charge in [0.25, 0.3) is 0 Å². The summed E-state index contributed by atoms with van der Waals surface area (Å²) in [4.78, 5) is 0.371. The Morgan fingerprint density at radius 3 is 2.65 bits per heavy atom. The van der Waals surface area contributed by atoms with E-state index in [0.717, 1.165) is 15.8 Å². The number of halogens is 1. The summed E-state index contributed by atoms with van der Waals surface area (Å²) < 4.78 is 26.8. The molecule has 0 radical (unpaired) electrons. The van der Waals surface area contributed by atoms with Gasteiger partial charge in [-0.05, 0) is 30.9 Å². The largest absolute Gasteiger partial charge is 0.243 e. The van der Waals surface area contributed by atoms with Crippen molar-refractivity contribution >= 4 is 37.7 Å². The normalized spacial score (nSPS) is 12.1. The predicted octanol–water partition coefficient (Wildman–Crippen LogP) is 2.74. The first-order valence-corrected chi connectivity index (χ1v) is 8.73. The number of thioether (sulfide) groups is 1. The topological polar surface area (TPSA) is 37.4 Å². The van der Waals surface area contributed by atoms with Crippen LogP contribution in [0.3, 0.4) is 0 Å². The first-order valence-electron chi connectivity index (χ1n) is 5.11. The van der Waals surface area contributed by atoms with Gasteiger partial charge >= 0.3 is 0 Å². The lowest BCUT2D eigenvalue weighted by Crippen LogP contribution is -2.29. The second-order valence-corrected chi connectivity index (χ2v) is 7.64. The van der Waals surface area contributed by atoms with Gasteiger partial charge in [-0.3, -0.25) is 0 Å². The molecule has 17 heavy (non-hydrogen) atoms. The fraction of sp³-hybridized carbons (Fsp3) is 0.455. The Balaban J connectivity index is 3.08. The summed E-state index contributed by atoms with van der Waals surface area (Å²) in [5, 5.41) is 0. The van der Waals surface area contributed by atoms with Gasteiger partial charge in [0.1, 0.15) is 0 Å². The van der Waals surface area contributed by atoms with Gasteiger partial charge in [0, 0.05) is 23.8 Å². The van der Waals surface area contributed by atoms with E-state index in [-0.39, 0.29) is 0 Å². The Labute approximate surface area is 116 Å². The first-order chi connectivity index (χ1) is 7.89. The number of benzene rings is 1. The van der Waals surface area contributed by atoms with Gasteiger partial charge in [0.05, 0.1) is 4.90 Å². The molecule has 0 saturated carbocycles. The fourth-order valence-electron chi connectivity index (χ4n) is 1.36. The van der Waals surface area contributed by atoms with Crippen LogP contribution in [0.4, 0.5) is 0 Å². The molecule has 1 aromatic carbocycles. The Bertz CT molecular complexity index is 488. The highest BCUT2D eigenvalue weighted by molar-refractivity contribution is 9.10. The van der Waals surface area contributed by atoms with E-state index in [1.54, 1.807) is 30.9 Å². The maximum Gasteiger partial charge on any atom is 0.243 e. The lowest BCUT2D eigenvalue weighted by atomic mass is 10.2. The summed E-state index contributed by atoms with van der Waals surface area (Å²) in [6, 6.07) is 5.30. The van der Waals surface area contributed by atoms with Gasteiger partial charge in [-0.25, -0.2) is 12.7 Å². The first kappa shape index (κ1) is 15.0. The van der Waals surface area contributed by atoms with Crippen LogP contribution in [0.5, 0.6) is 0 Å². The van der Waals surface area contributed by atoms with E-state index in [1.807, 2.05) is 19.2 Å². The van der Waals surface area contributed by atoms with Crippen LogP contribution in [0.15, 0.2) is 27.6 Å². The molecule has 0 N–H and O–H groups in total. The van der Waals surface area contributed by atoms with Crippen LogP contribution >= 0.6 is 27.7 Å². The molecule has 0 atom stereocenters. The van der Waals surface area contributed by atoms with Gasteiger partial charge in [0.15, 0.2) is 0 Å². The average molecular weight is 338 g/mol. The van der Waals surface area contributed by atoms with Crippen molar-refractivity contribution in [3.05, 3.63) is 28.2 Å². The Hall–Kier alpha value is -0.0400. The summed E-state index contributed by atoms with van der Waals surface area (Å²) in [6.45, 7) is 2.33. The molecule has 0 bridgehead atoms. The second kappa shape index (κ2) is 6.22. The summed E-state index contributed by atoms with van der Waals surface area (Å²) in [5.74, 6) is 0.794. The van der Waals surface area contributed by atoms with Crippen molar-refractivity contribution in [1.82, 2.24) is 4.31 Å². The lowest BCUT2D eigenvalue weighted by Gasteiger charge is -2.18. The van der Waals surface area contributed by atoms with Crippen molar-refractivity contribution in [1.29, 1.82) is 0 Å². The molecular weight excluding hydrogens is 322 g/mol. The number of sulfonamides is 1. The smallest absolute Gasteiger partial charge is 0.207 e. The van der Waals surface area contributed by atoms with Gasteiger partial charge in [-0.2, -0.15) is 11.8 Å². The second-order valence-electron chi connectivity index (χ2n) is 3.73. The maximum absolute atomic E-state index is 12.3. The Morgan fingerprint density at radius 1 is 1.41 bits per heavy atom. The molecule has 0 unspecified atom stereocenters. The zero-order valence-electron chi connectivity index (χ0n) is 10.1. The van der Waals surface area contributed by atoms with Crippen LogP contribution in [0.1, 0.15) is 5.56 Å². The number of hydrogen-bond acceptors (Lipinski definition) is 3. The average Bonchev–Trinajstić information content (AvgIpc) is 2.28. The van der Waals surface area contributed by atoms with Crippen LogP contribution in [-0.4, -0.2) is 38.3 Å². The number of rotatable bonds is 5. The molecule has 6 heteroatoms. The molecule has 3 nitrogen and oxygen atoms in total. The monoisotopic (exact) mass is 337 g/mol. The summed E-state index contributed by atoms with van der Waals surface area (Å²) in [6.07, 6.45) is 1.96. The van der Waals surface area contributed by atoms with Crippen molar-refractivity contribution in [3.63, 3.8) is 0 Å². The number of hydrogen-bond donors (Lipinski definition) is 0. The highest BCUT2D eigenvalue weighted by Crippen LogP contribution is 2.23. The SMILES string of the molecule is CSCCN(C)S(=O)(=O)c1cc(Br)ccc1C. The molecule has 1 rings (SSSR count). The minimum atomic E-state index is -3.37.